The van der Waals surface area contributed by atoms with Crippen molar-refractivity contribution in [2.24, 2.45) is 0 Å². The summed E-state index contributed by atoms with van der Waals surface area (Å²) in [4.78, 5) is 0. The van der Waals surface area contributed by atoms with Crippen molar-refractivity contribution in [3.8, 4) is 33.4 Å². The van der Waals surface area contributed by atoms with E-state index in [1.54, 1.807) is 0 Å². The third-order valence-corrected chi connectivity index (χ3v) is 7.08. The van der Waals surface area contributed by atoms with Crippen LogP contribution in [0.25, 0.3) is 87.6 Å². The molecule has 0 saturated heterocycles. The molecule has 0 atom stereocenters. The second-order valence-electron chi connectivity index (χ2n) is 9.34. The van der Waals surface area contributed by atoms with Gasteiger partial charge < -0.3 is 4.42 Å². The summed E-state index contributed by atoms with van der Waals surface area (Å²) in [5, 5.41) is -4.97. The van der Waals surface area contributed by atoms with Gasteiger partial charge in [-0.3, -0.25) is 0 Å². The van der Waals surface area contributed by atoms with E-state index in [0.29, 0.717) is 0 Å². The minimum absolute atomic E-state index is 0.460. The number of hydrogen-bond acceptors (Lipinski definition) is 1. The van der Waals surface area contributed by atoms with Gasteiger partial charge in [0.2, 0.25) is 0 Å². The summed E-state index contributed by atoms with van der Waals surface area (Å²) >= 11 is 0. The summed E-state index contributed by atoms with van der Waals surface area (Å²) in [6.45, 7) is 0. The second kappa shape index (κ2) is 9.44. The maximum atomic E-state index is 9.91. The van der Waals surface area contributed by atoms with Crippen molar-refractivity contribution in [3.05, 3.63) is 157 Å². The van der Waals surface area contributed by atoms with Crippen LogP contribution in [0.4, 0.5) is 0 Å². The largest absolute Gasteiger partial charge is 0.456 e. The zero-order chi connectivity index (χ0) is 50.1. The average molecular weight is 572 g/mol. The Morgan fingerprint density at radius 2 is 1.00 bits per heavy atom. The zero-order valence-corrected chi connectivity index (χ0v) is 21.5. The summed E-state index contributed by atoms with van der Waals surface area (Å²) in [6, 6.07) is -21.0. The predicted octanol–water partition coefficient (Wildman–Crippen LogP) is 12.0. The van der Waals surface area contributed by atoms with Crippen molar-refractivity contribution < 1.29 is 38.7 Å². The molecule has 9 rings (SSSR count). The standard InChI is InChI=1S/C42H26O/c1-2-13-27(14-3-1)37-26-29(25-28-15-4-5-16-30(28)37)40-31-17-6-8-19-33(31)41(34-20-9-7-18-32(34)40)36-22-12-24-39-42(36)35-21-10-11-23-38(35)43-39/h1-26H/i1D,2D,3D,4D,5D,6D,7D,8D,9D,10D,11D,12D,13D,15D,16D,17D,18D,19D,20D,21D,22D,23D,24D,25D,26D. The molecule has 0 radical (unpaired) electrons. The van der Waals surface area contributed by atoms with Gasteiger partial charge in [0, 0.05) is 10.8 Å². The first-order valence-corrected chi connectivity index (χ1v) is 12.7. The van der Waals surface area contributed by atoms with Crippen LogP contribution in [-0.4, -0.2) is 0 Å². The van der Waals surface area contributed by atoms with Crippen LogP contribution in [0.15, 0.2) is 162 Å². The van der Waals surface area contributed by atoms with Crippen molar-refractivity contribution >= 4 is 54.3 Å². The molecular weight excluding hydrogens is 520 g/mol. The van der Waals surface area contributed by atoms with Crippen LogP contribution in [0.2, 0.25) is 0 Å². The smallest absolute Gasteiger partial charge is 0.136 e. The molecule has 1 heterocycles. The molecule has 200 valence electrons. The summed E-state index contributed by atoms with van der Waals surface area (Å²) in [7, 11) is 0. The normalized spacial score (nSPS) is 19.9. The lowest BCUT2D eigenvalue weighted by atomic mass is 9.83. The number of hydrogen-bond donors (Lipinski definition) is 0. The van der Waals surface area contributed by atoms with Gasteiger partial charge in [-0.1, -0.05) is 133 Å². The van der Waals surface area contributed by atoms with Gasteiger partial charge in [-0.15, -0.1) is 0 Å². The Hall–Kier alpha value is -5.66. The van der Waals surface area contributed by atoms with Crippen LogP contribution in [0.1, 0.15) is 34.3 Å². The molecule has 1 heteroatoms. The number of benzene rings is 8. The Morgan fingerprint density at radius 3 is 1.77 bits per heavy atom. The molecule has 0 fully saturated rings. The maximum Gasteiger partial charge on any atom is 0.136 e. The van der Waals surface area contributed by atoms with Gasteiger partial charge in [0.15, 0.2) is 0 Å². The first-order valence-electron chi connectivity index (χ1n) is 25.2. The van der Waals surface area contributed by atoms with E-state index in [0.717, 1.165) is 6.07 Å². The van der Waals surface area contributed by atoms with E-state index in [9.17, 15) is 9.60 Å². The van der Waals surface area contributed by atoms with E-state index in [4.69, 9.17) is 29.1 Å². The fourth-order valence-electron chi connectivity index (χ4n) is 5.35. The monoisotopic (exact) mass is 571 g/mol. The highest BCUT2D eigenvalue weighted by Crippen LogP contribution is 2.47. The molecule has 0 N–H and O–H groups in total. The second-order valence-corrected chi connectivity index (χ2v) is 9.34. The fourth-order valence-corrected chi connectivity index (χ4v) is 5.35. The number of rotatable bonds is 3. The first kappa shape index (κ1) is 9.97. The molecule has 0 unspecified atom stereocenters. The molecule has 0 aliphatic heterocycles. The van der Waals surface area contributed by atoms with Crippen molar-refractivity contribution in [3.63, 3.8) is 0 Å². The SMILES string of the molecule is [2H]c1cc(-c2c([2H])c(-c3c4c([2H])c([2H])c([2H])c([2H])c4c(-c4c([2H])c([2H])c([2H])c5oc6c([2H])c([2H])c([2H])c([2H])c6c45)c4c([2H])c([2H])c([2H])c([2H])c34)c([2H])c3c([2H])c([2H])c([2H])c([2H])c23)c([2H])c([2H])c1[2H]. The molecule has 0 amide bonds. The molecule has 43 heavy (non-hydrogen) atoms. The Balaban J connectivity index is 1.69. The van der Waals surface area contributed by atoms with Gasteiger partial charge in [0.25, 0.3) is 0 Å². The van der Waals surface area contributed by atoms with E-state index in [-0.39, 0.29) is 0 Å². The van der Waals surface area contributed by atoms with E-state index >= 15 is 0 Å². The third kappa shape index (κ3) is 3.65. The van der Waals surface area contributed by atoms with Gasteiger partial charge in [0.1, 0.15) is 11.2 Å². The molecule has 8 aromatic carbocycles. The van der Waals surface area contributed by atoms with Crippen molar-refractivity contribution in [2.45, 2.75) is 0 Å². The molecular formula is C42H26O. The highest BCUT2D eigenvalue weighted by Gasteiger charge is 2.20. The topological polar surface area (TPSA) is 13.1 Å². The molecule has 1 aromatic heterocycles. The third-order valence-electron chi connectivity index (χ3n) is 7.08. The lowest BCUT2D eigenvalue weighted by Crippen LogP contribution is -1.92. The van der Waals surface area contributed by atoms with Gasteiger partial charge in [-0.2, -0.15) is 0 Å². The predicted molar refractivity (Wildman–Crippen MR) is 183 cm³/mol. The quantitative estimate of drug-likeness (QED) is 0.192. The van der Waals surface area contributed by atoms with Gasteiger partial charge in [-0.05, 0) is 89.9 Å². The fraction of sp³-hybridized carbons (Fsp3) is 0. The highest BCUT2D eigenvalue weighted by atomic mass is 16.3. The van der Waals surface area contributed by atoms with Gasteiger partial charge in [0.05, 0.1) is 34.3 Å². The minimum Gasteiger partial charge on any atom is -0.456 e. The highest BCUT2D eigenvalue weighted by molar-refractivity contribution is 6.26. The molecule has 0 aliphatic carbocycles. The van der Waals surface area contributed by atoms with E-state index in [1.807, 2.05) is 0 Å². The average Bonchev–Trinajstić information content (AvgIpc) is 3.71. The number of para-hydroxylation sites is 1. The molecule has 0 aliphatic rings. The molecule has 0 saturated carbocycles. The van der Waals surface area contributed by atoms with Crippen LogP contribution in [-0.2, 0) is 0 Å². The van der Waals surface area contributed by atoms with Crippen LogP contribution < -0.4 is 0 Å². The number of fused-ring (bicyclic) bond motifs is 6. The van der Waals surface area contributed by atoms with Crippen LogP contribution in [0, 0.1) is 0 Å². The van der Waals surface area contributed by atoms with Crippen LogP contribution in [0.5, 0.6) is 0 Å². The molecule has 9 aromatic rings. The number of furan rings is 1. The maximum absolute atomic E-state index is 9.91. The Kier molecular flexibility index (Phi) is 2.19. The Morgan fingerprint density at radius 1 is 0.395 bits per heavy atom. The lowest BCUT2D eigenvalue weighted by molar-refractivity contribution is 0.669. The summed E-state index contributed by atoms with van der Waals surface area (Å²) in [6.07, 6.45) is 0. The lowest BCUT2D eigenvalue weighted by Gasteiger charge is -2.19. The zero-order valence-electron chi connectivity index (χ0n) is 46.5. The van der Waals surface area contributed by atoms with Crippen molar-refractivity contribution in [2.75, 3.05) is 0 Å². The van der Waals surface area contributed by atoms with Crippen molar-refractivity contribution in [1.29, 1.82) is 0 Å². The molecule has 0 spiro atoms. The summed E-state index contributed by atoms with van der Waals surface area (Å²) < 4.78 is 230. The van der Waals surface area contributed by atoms with Crippen LogP contribution in [0.3, 0.4) is 0 Å². The van der Waals surface area contributed by atoms with Gasteiger partial charge in [-0.25, -0.2) is 0 Å². The summed E-state index contributed by atoms with van der Waals surface area (Å²) in [5.41, 5.74) is -5.06. The first-order chi connectivity index (χ1) is 31.7. The van der Waals surface area contributed by atoms with E-state index in [2.05, 4.69) is 0 Å². The summed E-state index contributed by atoms with van der Waals surface area (Å²) in [5.74, 6) is 0. The van der Waals surface area contributed by atoms with E-state index < -0.39 is 239 Å². The molecule has 0 bridgehead atoms. The Bertz CT molecular complexity index is 3830. The molecule has 1 nitrogen and oxygen atoms in total. The van der Waals surface area contributed by atoms with Crippen molar-refractivity contribution in [1.82, 2.24) is 0 Å². The Labute approximate surface area is 284 Å². The van der Waals surface area contributed by atoms with E-state index in [1.165, 1.54) is 0 Å². The van der Waals surface area contributed by atoms with Crippen LogP contribution >= 0.6 is 0 Å². The minimum atomic E-state index is -0.978. The van der Waals surface area contributed by atoms with Gasteiger partial charge >= 0.3 is 0 Å².